The van der Waals surface area contributed by atoms with Gasteiger partial charge in [0.25, 0.3) is 5.91 Å². The number of carbonyl (C=O) groups excluding carboxylic acids is 1. The van der Waals surface area contributed by atoms with Gasteiger partial charge in [0.2, 0.25) is 0 Å². The number of ether oxygens (including phenoxy) is 1. The lowest BCUT2D eigenvalue weighted by Gasteiger charge is -2.12. The number of carbonyl (C=O) groups is 2. The van der Waals surface area contributed by atoms with E-state index in [-0.39, 0.29) is 6.42 Å². The van der Waals surface area contributed by atoms with E-state index in [1.54, 1.807) is 12.1 Å². The zero-order chi connectivity index (χ0) is 21.2. The predicted octanol–water partition coefficient (Wildman–Crippen LogP) is 3.43. The number of carboxylic acid groups (broad SMARTS) is 1. The van der Waals surface area contributed by atoms with Crippen LogP contribution in [-0.4, -0.2) is 23.0 Å². The molecule has 0 aliphatic rings. The molecular weight excluding hydrogens is 378 g/mol. The highest BCUT2D eigenvalue weighted by molar-refractivity contribution is 5.96. The molecule has 30 heavy (non-hydrogen) atoms. The Hall–Kier alpha value is -4.04. The van der Waals surface area contributed by atoms with E-state index >= 15 is 0 Å². The minimum atomic E-state index is -1.10. The fourth-order valence-electron chi connectivity index (χ4n) is 2.74. The average Bonchev–Trinajstić information content (AvgIpc) is 2.78. The van der Waals surface area contributed by atoms with Crippen molar-refractivity contribution in [2.45, 2.75) is 19.1 Å². The summed E-state index contributed by atoms with van der Waals surface area (Å²) in [5.41, 5.74) is 2.46. The Balaban J connectivity index is 1.55. The zero-order valence-corrected chi connectivity index (χ0v) is 16.2. The zero-order valence-electron chi connectivity index (χ0n) is 16.2. The third-order valence-electron chi connectivity index (χ3n) is 4.31. The number of amides is 1. The van der Waals surface area contributed by atoms with Gasteiger partial charge in [-0.15, -0.1) is 0 Å². The molecule has 150 valence electrons. The lowest BCUT2D eigenvalue weighted by molar-refractivity contribution is -0.141. The van der Waals surface area contributed by atoms with Crippen molar-refractivity contribution in [1.29, 1.82) is 0 Å². The Morgan fingerprint density at radius 3 is 2.13 bits per heavy atom. The van der Waals surface area contributed by atoms with Gasteiger partial charge in [0, 0.05) is 17.9 Å². The molecule has 0 aromatic heterocycles. The first-order valence-electron chi connectivity index (χ1n) is 9.46. The van der Waals surface area contributed by atoms with Crippen molar-refractivity contribution >= 4 is 11.9 Å². The highest BCUT2D eigenvalue weighted by Gasteiger charge is 2.19. The number of aliphatic carboxylic acids is 1. The summed E-state index contributed by atoms with van der Waals surface area (Å²) in [6.07, 6.45) is 0.194. The van der Waals surface area contributed by atoms with E-state index in [1.807, 2.05) is 72.8 Å². The second kappa shape index (κ2) is 10.5. The number of nitrogens with one attached hydrogen (secondary N) is 1. The second-order valence-corrected chi connectivity index (χ2v) is 6.60. The van der Waals surface area contributed by atoms with Crippen LogP contribution in [-0.2, 0) is 22.6 Å². The standard InChI is InChI=1S/C25H21NO4/c27-24(26-23(25(28)29)17-20-7-3-1-4-8-20)16-15-19-11-13-21(14-12-19)18-30-22-9-5-2-6-10-22/h1-14,23H,17-18H2,(H,26,27)(H,28,29)/t23-/m0/s1. The Morgan fingerprint density at radius 2 is 1.50 bits per heavy atom. The van der Waals surface area contributed by atoms with Crippen LogP contribution in [0.15, 0.2) is 84.9 Å². The Labute approximate surface area is 175 Å². The maximum absolute atomic E-state index is 12.1. The molecule has 3 aromatic carbocycles. The summed E-state index contributed by atoms with van der Waals surface area (Å²) in [7, 11) is 0. The molecule has 5 nitrogen and oxygen atoms in total. The molecule has 0 heterocycles. The number of para-hydroxylation sites is 1. The molecule has 1 amide bonds. The van der Waals surface area contributed by atoms with Crippen LogP contribution in [0.5, 0.6) is 5.75 Å². The largest absolute Gasteiger partial charge is 0.489 e. The Morgan fingerprint density at radius 1 is 0.867 bits per heavy atom. The lowest BCUT2D eigenvalue weighted by atomic mass is 10.1. The lowest BCUT2D eigenvalue weighted by Crippen LogP contribution is -2.41. The number of benzene rings is 3. The van der Waals surface area contributed by atoms with Gasteiger partial charge in [-0.05, 0) is 35.4 Å². The van der Waals surface area contributed by atoms with Crippen molar-refractivity contribution < 1.29 is 19.4 Å². The van der Waals surface area contributed by atoms with Crippen molar-refractivity contribution in [3.8, 4) is 17.6 Å². The molecule has 0 saturated heterocycles. The molecule has 0 fully saturated rings. The van der Waals surface area contributed by atoms with Gasteiger partial charge in [-0.1, -0.05) is 66.6 Å². The third-order valence-corrected chi connectivity index (χ3v) is 4.31. The maximum Gasteiger partial charge on any atom is 0.326 e. The number of rotatable bonds is 7. The molecule has 3 aromatic rings. The van der Waals surface area contributed by atoms with Crippen LogP contribution in [0, 0.1) is 11.8 Å². The van der Waals surface area contributed by atoms with Crippen LogP contribution in [0.1, 0.15) is 16.7 Å². The van der Waals surface area contributed by atoms with Gasteiger partial charge in [0.1, 0.15) is 18.4 Å². The maximum atomic E-state index is 12.1. The van der Waals surface area contributed by atoms with Gasteiger partial charge >= 0.3 is 5.97 Å². The minimum absolute atomic E-state index is 0.194. The van der Waals surface area contributed by atoms with E-state index in [9.17, 15) is 14.7 Å². The topological polar surface area (TPSA) is 75.6 Å². The highest BCUT2D eigenvalue weighted by atomic mass is 16.5. The van der Waals surface area contributed by atoms with Gasteiger partial charge in [-0.3, -0.25) is 4.79 Å². The van der Waals surface area contributed by atoms with Gasteiger partial charge in [-0.2, -0.15) is 0 Å². The first kappa shape index (κ1) is 20.7. The molecule has 1 atom stereocenters. The van der Waals surface area contributed by atoms with Crippen LogP contribution in [0.4, 0.5) is 0 Å². The molecule has 2 N–H and O–H groups in total. The summed E-state index contributed by atoms with van der Waals surface area (Å²) < 4.78 is 5.69. The monoisotopic (exact) mass is 399 g/mol. The SMILES string of the molecule is O=C(C#Cc1ccc(COc2ccccc2)cc1)N[C@@H](Cc1ccccc1)C(=O)O. The molecule has 0 aliphatic carbocycles. The third kappa shape index (κ3) is 6.54. The second-order valence-electron chi connectivity index (χ2n) is 6.60. The van der Waals surface area contributed by atoms with Crippen LogP contribution in [0.2, 0.25) is 0 Å². The Bertz CT molecular complexity index is 1040. The molecule has 0 aliphatic heterocycles. The van der Waals surface area contributed by atoms with E-state index in [2.05, 4.69) is 17.2 Å². The van der Waals surface area contributed by atoms with Crippen molar-refractivity contribution in [3.05, 3.63) is 102 Å². The van der Waals surface area contributed by atoms with Gasteiger partial charge in [0.05, 0.1) is 0 Å². The Kier molecular flexibility index (Phi) is 7.23. The summed E-state index contributed by atoms with van der Waals surface area (Å²) in [6.45, 7) is 0.429. The molecule has 0 saturated carbocycles. The summed E-state index contributed by atoms with van der Waals surface area (Å²) in [5, 5.41) is 11.8. The molecular formula is C25H21NO4. The normalized spacial score (nSPS) is 10.9. The predicted molar refractivity (Wildman–Crippen MR) is 114 cm³/mol. The smallest absolute Gasteiger partial charge is 0.326 e. The van der Waals surface area contributed by atoms with Crippen LogP contribution >= 0.6 is 0 Å². The van der Waals surface area contributed by atoms with Crippen LogP contribution in [0.25, 0.3) is 0 Å². The fourth-order valence-corrected chi connectivity index (χ4v) is 2.74. The van der Waals surface area contributed by atoms with Gasteiger partial charge < -0.3 is 15.2 Å². The number of hydrogen-bond donors (Lipinski definition) is 2. The van der Waals surface area contributed by atoms with Crippen molar-refractivity contribution in [3.63, 3.8) is 0 Å². The van der Waals surface area contributed by atoms with Crippen molar-refractivity contribution in [2.24, 2.45) is 0 Å². The summed E-state index contributed by atoms with van der Waals surface area (Å²) in [6, 6.07) is 25.0. The molecule has 0 unspecified atom stereocenters. The first-order valence-corrected chi connectivity index (χ1v) is 9.46. The first-order chi connectivity index (χ1) is 14.6. The average molecular weight is 399 g/mol. The van der Waals surface area contributed by atoms with E-state index in [0.29, 0.717) is 12.2 Å². The van der Waals surface area contributed by atoms with Crippen molar-refractivity contribution in [1.82, 2.24) is 5.32 Å². The molecule has 0 radical (unpaired) electrons. The summed E-state index contributed by atoms with van der Waals surface area (Å²) in [5.74, 6) is 4.27. The summed E-state index contributed by atoms with van der Waals surface area (Å²) in [4.78, 5) is 23.5. The van der Waals surface area contributed by atoms with Crippen molar-refractivity contribution in [2.75, 3.05) is 0 Å². The number of carboxylic acids is 1. The summed E-state index contributed by atoms with van der Waals surface area (Å²) >= 11 is 0. The van der Waals surface area contributed by atoms with E-state index in [0.717, 1.165) is 16.9 Å². The minimum Gasteiger partial charge on any atom is -0.489 e. The van der Waals surface area contributed by atoms with E-state index in [1.165, 1.54) is 0 Å². The van der Waals surface area contributed by atoms with Gasteiger partial charge in [-0.25, -0.2) is 4.79 Å². The number of hydrogen-bond acceptors (Lipinski definition) is 3. The molecule has 0 spiro atoms. The molecule has 3 rings (SSSR count). The van der Waals surface area contributed by atoms with E-state index < -0.39 is 17.9 Å². The van der Waals surface area contributed by atoms with Gasteiger partial charge in [0.15, 0.2) is 0 Å². The quantitative estimate of drug-likeness (QED) is 0.597. The van der Waals surface area contributed by atoms with Crippen LogP contribution < -0.4 is 10.1 Å². The fraction of sp³-hybridized carbons (Fsp3) is 0.120. The van der Waals surface area contributed by atoms with E-state index in [4.69, 9.17) is 4.74 Å². The highest BCUT2D eigenvalue weighted by Crippen LogP contribution is 2.12. The molecule has 5 heteroatoms. The van der Waals surface area contributed by atoms with Crippen LogP contribution in [0.3, 0.4) is 0 Å². The molecule has 0 bridgehead atoms.